The first-order valence-electron chi connectivity index (χ1n) is 8.15. The quantitative estimate of drug-likeness (QED) is 0.629. The Morgan fingerprint density at radius 3 is 2.58 bits per heavy atom. The largest absolute Gasteiger partial charge is 0.465 e. The molecule has 0 bridgehead atoms. The Bertz CT molecular complexity index is 528. The number of hydrogen-bond donors (Lipinski definition) is 3. The van der Waals surface area contributed by atoms with Crippen LogP contribution in [0.2, 0.25) is 0 Å². The summed E-state index contributed by atoms with van der Waals surface area (Å²) in [4.78, 5) is 28.7. The highest BCUT2D eigenvalue weighted by atomic mass is 16.4. The van der Waals surface area contributed by atoms with E-state index in [9.17, 15) is 14.7 Å². The molecular formula is C17H28N4O3. The first-order valence-corrected chi connectivity index (χ1v) is 8.15. The number of hydrogen-bond acceptors (Lipinski definition) is 4. The summed E-state index contributed by atoms with van der Waals surface area (Å²) in [6.45, 7) is 6.36. The molecule has 1 aromatic rings. The Labute approximate surface area is 143 Å². The lowest BCUT2D eigenvalue weighted by atomic mass is 10.0. The number of nitrogens with one attached hydrogen (secondary N) is 1. The predicted molar refractivity (Wildman–Crippen MR) is 92.4 cm³/mol. The van der Waals surface area contributed by atoms with Crippen molar-refractivity contribution in [3.63, 3.8) is 0 Å². The van der Waals surface area contributed by atoms with E-state index in [1.54, 1.807) is 6.20 Å². The average molecular weight is 336 g/mol. The smallest absolute Gasteiger partial charge is 0.407 e. The molecule has 0 aliphatic heterocycles. The molecule has 134 valence electrons. The molecule has 1 atom stereocenters. The fourth-order valence-corrected chi connectivity index (χ4v) is 2.29. The van der Waals surface area contributed by atoms with Crippen molar-refractivity contribution in [1.29, 1.82) is 0 Å². The van der Waals surface area contributed by atoms with Crippen molar-refractivity contribution in [1.82, 2.24) is 15.2 Å². The zero-order valence-electron chi connectivity index (χ0n) is 14.7. The maximum absolute atomic E-state index is 11.9. The molecule has 0 radical (unpaired) electrons. The monoisotopic (exact) mass is 336 g/mol. The summed E-state index contributed by atoms with van der Waals surface area (Å²) in [6.07, 6.45) is 2.62. The Hall–Kier alpha value is -2.15. The highest BCUT2D eigenvalue weighted by Gasteiger charge is 2.25. The third kappa shape index (κ3) is 6.95. The van der Waals surface area contributed by atoms with E-state index in [0.717, 1.165) is 5.69 Å². The summed E-state index contributed by atoms with van der Waals surface area (Å²) in [5, 5.41) is 12.0. The van der Waals surface area contributed by atoms with E-state index in [1.807, 2.05) is 39.0 Å². The van der Waals surface area contributed by atoms with Crippen molar-refractivity contribution in [2.24, 2.45) is 5.73 Å². The van der Waals surface area contributed by atoms with Gasteiger partial charge in [-0.1, -0.05) is 6.07 Å². The minimum atomic E-state index is -0.931. The topological polar surface area (TPSA) is 109 Å². The van der Waals surface area contributed by atoms with Crippen LogP contribution in [0.3, 0.4) is 0 Å². The number of carbonyl (C=O) groups is 2. The summed E-state index contributed by atoms with van der Waals surface area (Å²) in [5.41, 5.74) is 6.22. The molecule has 24 heavy (non-hydrogen) atoms. The summed E-state index contributed by atoms with van der Waals surface area (Å²) in [6, 6.07) is 4.91. The first-order chi connectivity index (χ1) is 11.2. The predicted octanol–water partition coefficient (Wildman–Crippen LogP) is 1.97. The zero-order chi connectivity index (χ0) is 18.2. The molecule has 0 spiro atoms. The van der Waals surface area contributed by atoms with E-state index in [-0.39, 0.29) is 5.91 Å². The Morgan fingerprint density at radius 1 is 1.33 bits per heavy atom. The van der Waals surface area contributed by atoms with E-state index < -0.39 is 17.7 Å². The van der Waals surface area contributed by atoms with Crippen LogP contribution in [-0.2, 0) is 11.3 Å². The van der Waals surface area contributed by atoms with E-state index >= 15 is 0 Å². The lowest BCUT2D eigenvalue weighted by Crippen LogP contribution is -2.45. The van der Waals surface area contributed by atoms with Gasteiger partial charge in [-0.25, -0.2) is 4.79 Å². The number of aromatic nitrogens is 1. The van der Waals surface area contributed by atoms with Gasteiger partial charge in [0, 0.05) is 18.3 Å². The van der Waals surface area contributed by atoms with E-state index in [2.05, 4.69) is 10.3 Å². The van der Waals surface area contributed by atoms with E-state index in [4.69, 9.17) is 5.73 Å². The van der Waals surface area contributed by atoms with Crippen molar-refractivity contribution < 1.29 is 14.7 Å². The van der Waals surface area contributed by atoms with Gasteiger partial charge in [0.2, 0.25) is 5.91 Å². The Morgan fingerprint density at radius 2 is 2.04 bits per heavy atom. The molecule has 0 fully saturated rings. The third-order valence-corrected chi connectivity index (χ3v) is 3.69. The van der Waals surface area contributed by atoms with Crippen molar-refractivity contribution in [3.05, 3.63) is 30.1 Å². The number of pyridine rings is 1. The van der Waals surface area contributed by atoms with Gasteiger partial charge in [-0.3, -0.25) is 9.78 Å². The minimum Gasteiger partial charge on any atom is -0.465 e. The van der Waals surface area contributed by atoms with Crippen LogP contribution in [0.5, 0.6) is 0 Å². The number of amides is 2. The van der Waals surface area contributed by atoms with E-state index in [1.165, 1.54) is 4.90 Å². The normalized spacial score (nSPS) is 12.5. The van der Waals surface area contributed by atoms with Crippen LogP contribution in [-0.4, -0.2) is 45.1 Å². The summed E-state index contributed by atoms with van der Waals surface area (Å²) in [7, 11) is 0. The molecule has 2 amide bonds. The lowest BCUT2D eigenvalue weighted by Gasteiger charge is -2.33. The first kappa shape index (κ1) is 19.9. The van der Waals surface area contributed by atoms with Crippen molar-refractivity contribution in [2.75, 3.05) is 6.54 Å². The molecule has 0 unspecified atom stereocenters. The number of nitrogens with two attached hydrogens (primary N) is 1. The fourth-order valence-electron chi connectivity index (χ4n) is 2.29. The summed E-state index contributed by atoms with van der Waals surface area (Å²) in [5.74, 6) is -0.216. The standard InChI is InChI=1S/C17H28N4O3/c1-17(2,3)21(16(23)24)11-7-5-9-14(18)15(22)20-12-13-8-4-6-10-19-13/h4,6,8,10,14H,5,7,9,11-12,18H2,1-3H3,(H,20,22)(H,23,24)/t14-/m0/s1. The van der Waals surface area contributed by atoms with E-state index in [0.29, 0.717) is 32.4 Å². The molecular weight excluding hydrogens is 308 g/mol. The van der Waals surface area contributed by atoms with Crippen LogP contribution < -0.4 is 11.1 Å². The number of rotatable bonds is 8. The molecule has 1 rings (SSSR count). The maximum Gasteiger partial charge on any atom is 0.407 e. The van der Waals surface area contributed by atoms with Crippen LogP contribution in [0.4, 0.5) is 4.79 Å². The highest BCUT2D eigenvalue weighted by molar-refractivity contribution is 5.81. The van der Waals surface area contributed by atoms with Crippen LogP contribution >= 0.6 is 0 Å². The molecule has 0 saturated carbocycles. The number of nitrogens with zero attached hydrogens (tertiary/aromatic N) is 2. The van der Waals surface area contributed by atoms with Gasteiger partial charge in [0.05, 0.1) is 18.3 Å². The van der Waals surface area contributed by atoms with Gasteiger partial charge in [0.1, 0.15) is 0 Å². The van der Waals surface area contributed by atoms with Gasteiger partial charge < -0.3 is 21.1 Å². The maximum atomic E-state index is 11.9. The van der Waals surface area contributed by atoms with Crippen molar-refractivity contribution in [3.8, 4) is 0 Å². The van der Waals surface area contributed by atoms with Gasteiger partial charge in [-0.15, -0.1) is 0 Å². The molecule has 0 aliphatic carbocycles. The third-order valence-electron chi connectivity index (χ3n) is 3.69. The second kappa shape index (κ2) is 9.22. The number of carboxylic acid groups (broad SMARTS) is 1. The van der Waals surface area contributed by atoms with Crippen LogP contribution in [0.25, 0.3) is 0 Å². The zero-order valence-corrected chi connectivity index (χ0v) is 14.7. The van der Waals surface area contributed by atoms with Gasteiger partial charge >= 0.3 is 6.09 Å². The SMILES string of the molecule is CC(C)(C)N(CCCC[C@H](N)C(=O)NCc1ccccn1)C(=O)O. The highest BCUT2D eigenvalue weighted by Crippen LogP contribution is 2.15. The second-order valence-corrected chi connectivity index (χ2v) is 6.75. The van der Waals surface area contributed by atoms with Crippen LogP contribution in [0, 0.1) is 0 Å². The Kier molecular flexibility index (Phi) is 7.64. The fraction of sp³-hybridized carbons (Fsp3) is 0.588. The van der Waals surface area contributed by atoms with Gasteiger partial charge in [0.25, 0.3) is 0 Å². The average Bonchev–Trinajstić information content (AvgIpc) is 2.51. The molecule has 1 heterocycles. The number of carbonyl (C=O) groups excluding carboxylic acids is 1. The Balaban J connectivity index is 2.28. The lowest BCUT2D eigenvalue weighted by molar-refractivity contribution is -0.122. The molecule has 4 N–H and O–H groups in total. The summed E-state index contributed by atoms with van der Waals surface area (Å²) >= 11 is 0. The van der Waals surface area contributed by atoms with Crippen molar-refractivity contribution >= 4 is 12.0 Å². The van der Waals surface area contributed by atoms with Gasteiger partial charge in [-0.2, -0.15) is 0 Å². The molecule has 1 aromatic heterocycles. The molecule has 7 heteroatoms. The van der Waals surface area contributed by atoms with Crippen LogP contribution in [0.1, 0.15) is 45.7 Å². The molecule has 7 nitrogen and oxygen atoms in total. The summed E-state index contributed by atoms with van der Waals surface area (Å²) < 4.78 is 0. The van der Waals surface area contributed by atoms with Crippen molar-refractivity contribution in [2.45, 2.75) is 58.2 Å². The van der Waals surface area contributed by atoms with Gasteiger partial charge in [-0.05, 0) is 52.2 Å². The molecule has 0 aromatic carbocycles. The molecule has 0 saturated heterocycles. The van der Waals surface area contributed by atoms with Gasteiger partial charge in [0.15, 0.2) is 0 Å². The van der Waals surface area contributed by atoms with Crippen LogP contribution in [0.15, 0.2) is 24.4 Å². The number of unbranched alkanes of at least 4 members (excludes halogenated alkanes) is 1. The second-order valence-electron chi connectivity index (χ2n) is 6.75. The minimum absolute atomic E-state index is 0.216. The molecule has 0 aliphatic rings.